The van der Waals surface area contributed by atoms with Gasteiger partial charge in [0.1, 0.15) is 6.04 Å². The van der Waals surface area contributed by atoms with Crippen molar-refractivity contribution >= 4 is 12.0 Å². The van der Waals surface area contributed by atoms with E-state index in [0.717, 1.165) is 4.90 Å². The van der Waals surface area contributed by atoms with Crippen LogP contribution in [0.15, 0.2) is 0 Å². The van der Waals surface area contributed by atoms with Gasteiger partial charge in [0.25, 0.3) is 0 Å². The molecule has 0 rings (SSSR count). The molecule has 0 aliphatic rings. The zero-order valence-electron chi connectivity index (χ0n) is 11.3. The van der Waals surface area contributed by atoms with Gasteiger partial charge in [-0.3, -0.25) is 0 Å². The Morgan fingerprint density at radius 3 is 2.28 bits per heavy atom. The standard InChI is InChI=1S/C11H22N2O5/c1-5-9(10(15)16)13(3)11(17)12(2)6-8(14)7-18-4/h8-9,14H,5-7H2,1-4H3,(H,15,16). The third-order valence-electron chi connectivity index (χ3n) is 2.61. The third kappa shape index (κ3) is 4.89. The van der Waals surface area contributed by atoms with E-state index in [1.54, 1.807) is 6.92 Å². The first-order chi connectivity index (χ1) is 8.34. The van der Waals surface area contributed by atoms with Crippen LogP contribution in [0.4, 0.5) is 4.79 Å². The quantitative estimate of drug-likeness (QED) is 0.665. The number of carboxylic acids is 1. The first-order valence-corrected chi connectivity index (χ1v) is 5.72. The van der Waals surface area contributed by atoms with Crippen LogP contribution in [-0.2, 0) is 9.53 Å². The van der Waals surface area contributed by atoms with Crippen LogP contribution in [0.3, 0.4) is 0 Å². The molecule has 106 valence electrons. The second-order valence-electron chi connectivity index (χ2n) is 4.15. The van der Waals surface area contributed by atoms with Gasteiger partial charge >= 0.3 is 12.0 Å². The fourth-order valence-corrected chi connectivity index (χ4v) is 1.66. The number of hydrogen-bond donors (Lipinski definition) is 2. The van der Waals surface area contributed by atoms with Crippen LogP contribution in [-0.4, -0.2) is 78.5 Å². The number of amides is 2. The fraction of sp³-hybridized carbons (Fsp3) is 0.818. The molecule has 0 fully saturated rings. The number of urea groups is 1. The van der Waals surface area contributed by atoms with Crippen molar-refractivity contribution in [2.75, 3.05) is 34.4 Å². The van der Waals surface area contributed by atoms with Gasteiger partial charge < -0.3 is 24.7 Å². The molecule has 0 saturated heterocycles. The zero-order chi connectivity index (χ0) is 14.3. The Hall–Kier alpha value is -1.34. The number of ether oxygens (including phenoxy) is 1. The number of aliphatic carboxylic acids is 1. The number of carbonyl (C=O) groups is 2. The van der Waals surface area contributed by atoms with Gasteiger partial charge in [-0.15, -0.1) is 0 Å². The number of carboxylic acid groups (broad SMARTS) is 1. The van der Waals surface area contributed by atoms with Gasteiger partial charge in [0.15, 0.2) is 0 Å². The van der Waals surface area contributed by atoms with Crippen molar-refractivity contribution < 1.29 is 24.5 Å². The summed E-state index contributed by atoms with van der Waals surface area (Å²) in [5, 5.41) is 18.5. The van der Waals surface area contributed by atoms with Crippen molar-refractivity contribution in [3.8, 4) is 0 Å². The molecule has 0 heterocycles. The maximum atomic E-state index is 11.9. The van der Waals surface area contributed by atoms with Crippen molar-refractivity contribution in [2.45, 2.75) is 25.5 Å². The van der Waals surface area contributed by atoms with E-state index in [1.807, 2.05) is 0 Å². The van der Waals surface area contributed by atoms with Crippen molar-refractivity contribution in [3.05, 3.63) is 0 Å². The summed E-state index contributed by atoms with van der Waals surface area (Å²) >= 11 is 0. The second-order valence-corrected chi connectivity index (χ2v) is 4.15. The first-order valence-electron chi connectivity index (χ1n) is 5.72. The van der Waals surface area contributed by atoms with E-state index in [0.29, 0.717) is 6.42 Å². The van der Waals surface area contributed by atoms with Gasteiger partial charge in [-0.1, -0.05) is 6.92 Å². The number of nitrogens with zero attached hydrogens (tertiary/aromatic N) is 2. The summed E-state index contributed by atoms with van der Waals surface area (Å²) in [5.41, 5.74) is 0. The average molecular weight is 262 g/mol. The SMILES string of the molecule is CCC(C(=O)O)N(C)C(=O)N(C)CC(O)COC. The second kappa shape index (κ2) is 7.88. The van der Waals surface area contributed by atoms with Crippen molar-refractivity contribution in [1.82, 2.24) is 9.80 Å². The fourth-order valence-electron chi connectivity index (χ4n) is 1.66. The predicted octanol–water partition coefficient (Wildman–Crippen LogP) is -0.159. The molecular formula is C11H22N2O5. The molecule has 7 nitrogen and oxygen atoms in total. The van der Waals surface area contributed by atoms with Gasteiger partial charge in [-0.25, -0.2) is 9.59 Å². The lowest BCUT2D eigenvalue weighted by Crippen LogP contribution is -2.49. The largest absolute Gasteiger partial charge is 0.480 e. The maximum Gasteiger partial charge on any atom is 0.326 e. The molecule has 0 aliphatic heterocycles. The van der Waals surface area contributed by atoms with Crippen molar-refractivity contribution in [2.24, 2.45) is 0 Å². The van der Waals surface area contributed by atoms with Crippen LogP contribution in [0.1, 0.15) is 13.3 Å². The summed E-state index contributed by atoms with van der Waals surface area (Å²) in [4.78, 5) is 25.3. The maximum absolute atomic E-state index is 11.9. The molecule has 7 heteroatoms. The van der Waals surface area contributed by atoms with Crippen LogP contribution in [0.2, 0.25) is 0 Å². The van der Waals surface area contributed by atoms with E-state index >= 15 is 0 Å². The lowest BCUT2D eigenvalue weighted by molar-refractivity contribution is -0.142. The lowest BCUT2D eigenvalue weighted by atomic mass is 10.2. The van der Waals surface area contributed by atoms with E-state index in [2.05, 4.69) is 0 Å². The van der Waals surface area contributed by atoms with Gasteiger partial charge in [-0.05, 0) is 6.42 Å². The van der Waals surface area contributed by atoms with Crippen LogP contribution in [0.5, 0.6) is 0 Å². The minimum atomic E-state index is -1.04. The lowest BCUT2D eigenvalue weighted by Gasteiger charge is -2.29. The molecule has 2 N–H and O–H groups in total. The third-order valence-corrected chi connectivity index (χ3v) is 2.61. The minimum Gasteiger partial charge on any atom is -0.480 e. The van der Waals surface area contributed by atoms with Crippen molar-refractivity contribution in [1.29, 1.82) is 0 Å². The summed E-state index contributed by atoms with van der Waals surface area (Å²) in [6.07, 6.45) is -0.464. The molecule has 0 aromatic carbocycles. The molecule has 0 radical (unpaired) electrons. The van der Waals surface area contributed by atoms with E-state index in [4.69, 9.17) is 9.84 Å². The number of aliphatic hydroxyl groups is 1. The van der Waals surface area contributed by atoms with E-state index in [-0.39, 0.29) is 13.2 Å². The minimum absolute atomic E-state index is 0.0903. The van der Waals surface area contributed by atoms with Gasteiger partial charge in [0, 0.05) is 21.2 Å². The number of rotatable bonds is 7. The van der Waals surface area contributed by atoms with Gasteiger partial charge in [0.2, 0.25) is 0 Å². The highest BCUT2D eigenvalue weighted by molar-refractivity contribution is 5.82. The Labute approximate surface area is 107 Å². The molecule has 2 amide bonds. The number of likely N-dealkylation sites (N-methyl/N-ethyl adjacent to an activating group) is 2. The predicted molar refractivity (Wildman–Crippen MR) is 65.4 cm³/mol. The smallest absolute Gasteiger partial charge is 0.326 e. The van der Waals surface area contributed by atoms with Gasteiger partial charge in [-0.2, -0.15) is 0 Å². The molecule has 0 aromatic heterocycles. The van der Waals surface area contributed by atoms with Crippen LogP contribution in [0.25, 0.3) is 0 Å². The highest BCUT2D eigenvalue weighted by Crippen LogP contribution is 2.06. The Morgan fingerprint density at radius 2 is 1.89 bits per heavy atom. The molecule has 2 unspecified atom stereocenters. The number of methoxy groups -OCH3 is 1. The van der Waals surface area contributed by atoms with Crippen molar-refractivity contribution in [3.63, 3.8) is 0 Å². The molecule has 0 spiro atoms. The summed E-state index contributed by atoms with van der Waals surface area (Å²) in [6.45, 7) is 1.91. The summed E-state index contributed by atoms with van der Waals surface area (Å²) in [6, 6.07) is -1.31. The van der Waals surface area contributed by atoms with E-state index in [9.17, 15) is 14.7 Å². The van der Waals surface area contributed by atoms with Crippen LogP contribution < -0.4 is 0 Å². The first kappa shape index (κ1) is 16.7. The molecule has 2 atom stereocenters. The van der Waals surface area contributed by atoms with Crippen LogP contribution >= 0.6 is 0 Å². The molecule has 0 saturated carbocycles. The Bertz CT molecular complexity index is 285. The summed E-state index contributed by atoms with van der Waals surface area (Å²) < 4.78 is 4.76. The van der Waals surface area contributed by atoms with Crippen LogP contribution in [0, 0.1) is 0 Å². The summed E-state index contributed by atoms with van der Waals surface area (Å²) in [7, 11) is 4.39. The molecule has 0 aromatic rings. The number of hydrogen-bond acceptors (Lipinski definition) is 4. The monoisotopic (exact) mass is 262 g/mol. The molecule has 18 heavy (non-hydrogen) atoms. The normalized spacial score (nSPS) is 13.8. The Kier molecular flexibility index (Phi) is 7.30. The topological polar surface area (TPSA) is 90.3 Å². The van der Waals surface area contributed by atoms with E-state index < -0.39 is 24.1 Å². The molecule has 0 aliphatic carbocycles. The Morgan fingerprint density at radius 1 is 1.33 bits per heavy atom. The highest BCUT2D eigenvalue weighted by atomic mass is 16.5. The number of aliphatic hydroxyl groups excluding tert-OH is 1. The zero-order valence-corrected chi connectivity index (χ0v) is 11.3. The summed E-state index contributed by atoms with van der Waals surface area (Å²) in [5.74, 6) is -1.04. The highest BCUT2D eigenvalue weighted by Gasteiger charge is 2.27. The number of carbonyl (C=O) groups excluding carboxylic acids is 1. The Balaban J connectivity index is 4.48. The molecular weight excluding hydrogens is 240 g/mol. The van der Waals surface area contributed by atoms with Gasteiger partial charge in [0.05, 0.1) is 19.3 Å². The van der Waals surface area contributed by atoms with E-state index in [1.165, 1.54) is 26.1 Å². The molecule has 0 bridgehead atoms. The average Bonchev–Trinajstić information content (AvgIpc) is 2.28.